The van der Waals surface area contributed by atoms with Crippen molar-refractivity contribution < 1.29 is 4.79 Å². The number of rotatable bonds is 6. The molecule has 4 aromatic rings. The Morgan fingerprint density at radius 3 is 2.59 bits per heavy atom. The molecular formula is C22H16N4OS2. The van der Waals surface area contributed by atoms with E-state index < -0.39 is 0 Å². The van der Waals surface area contributed by atoms with E-state index >= 15 is 0 Å². The lowest BCUT2D eigenvalue weighted by atomic mass is 10.2. The summed E-state index contributed by atoms with van der Waals surface area (Å²) in [5.74, 6) is 0.704. The van der Waals surface area contributed by atoms with Crippen molar-refractivity contribution >= 4 is 45.6 Å². The number of benzene rings is 2. The zero-order valence-corrected chi connectivity index (χ0v) is 17.0. The maximum Gasteiger partial charge on any atom is 0.238 e. The Hall–Kier alpha value is -3.21. The first-order valence-electron chi connectivity index (χ1n) is 8.92. The first-order valence-corrected chi connectivity index (χ1v) is 10.8. The zero-order valence-electron chi connectivity index (χ0n) is 15.4. The highest BCUT2D eigenvalue weighted by atomic mass is 32.2. The van der Waals surface area contributed by atoms with Gasteiger partial charge in [0.05, 0.1) is 22.2 Å². The molecule has 0 fully saturated rings. The zero-order chi connectivity index (χ0) is 20.1. The van der Waals surface area contributed by atoms with Gasteiger partial charge in [-0.2, -0.15) is 5.26 Å². The standard InChI is InChI=1S/C22H16N4OS2/c23-12-13-26(16-7-2-1-3-8-16)20(27)15-29-22-17-9-4-5-10-18(17)24-21(25-22)19-11-6-14-28-19/h1-11,14H,13,15H2. The van der Waals surface area contributed by atoms with Gasteiger partial charge in [-0.1, -0.05) is 54.2 Å². The molecule has 0 saturated heterocycles. The van der Waals surface area contributed by atoms with E-state index in [-0.39, 0.29) is 18.2 Å². The Kier molecular flexibility index (Phi) is 5.84. The van der Waals surface area contributed by atoms with Gasteiger partial charge in [0, 0.05) is 11.1 Å². The smallest absolute Gasteiger partial charge is 0.238 e. The Morgan fingerprint density at radius 2 is 1.83 bits per heavy atom. The summed E-state index contributed by atoms with van der Waals surface area (Å²) >= 11 is 2.95. The third kappa shape index (κ3) is 4.29. The van der Waals surface area contributed by atoms with Crippen molar-refractivity contribution in [1.29, 1.82) is 5.26 Å². The van der Waals surface area contributed by atoms with Crippen LogP contribution in [0, 0.1) is 11.3 Å². The fraction of sp³-hybridized carbons (Fsp3) is 0.0909. The Bertz CT molecular complexity index is 1170. The topological polar surface area (TPSA) is 69.9 Å². The minimum atomic E-state index is -0.136. The maximum absolute atomic E-state index is 12.9. The summed E-state index contributed by atoms with van der Waals surface area (Å²) in [6, 6.07) is 23.1. The number of thioether (sulfide) groups is 1. The van der Waals surface area contributed by atoms with Gasteiger partial charge in [0.2, 0.25) is 5.91 Å². The van der Waals surface area contributed by atoms with E-state index in [1.807, 2.05) is 72.1 Å². The largest absolute Gasteiger partial charge is 0.298 e. The molecule has 29 heavy (non-hydrogen) atoms. The highest BCUT2D eigenvalue weighted by molar-refractivity contribution is 8.00. The van der Waals surface area contributed by atoms with Gasteiger partial charge in [-0.05, 0) is 29.6 Å². The number of hydrogen-bond acceptors (Lipinski definition) is 6. The van der Waals surface area contributed by atoms with E-state index in [0.29, 0.717) is 11.5 Å². The van der Waals surface area contributed by atoms with Crippen LogP contribution in [0.1, 0.15) is 0 Å². The van der Waals surface area contributed by atoms with Gasteiger partial charge >= 0.3 is 0 Å². The van der Waals surface area contributed by atoms with Crippen LogP contribution in [0.3, 0.4) is 0 Å². The quantitative estimate of drug-likeness (QED) is 0.251. The second-order valence-electron chi connectivity index (χ2n) is 6.11. The molecule has 2 heterocycles. The van der Waals surface area contributed by atoms with E-state index in [4.69, 9.17) is 10.2 Å². The summed E-state index contributed by atoms with van der Waals surface area (Å²) in [6.45, 7) is 0.00831. The normalized spacial score (nSPS) is 10.6. The molecule has 0 spiro atoms. The number of hydrogen-bond donors (Lipinski definition) is 0. The average Bonchev–Trinajstić information content (AvgIpc) is 3.31. The van der Waals surface area contributed by atoms with E-state index in [1.165, 1.54) is 16.7 Å². The molecule has 4 rings (SSSR count). The maximum atomic E-state index is 12.9. The summed E-state index contributed by atoms with van der Waals surface area (Å²) in [6.07, 6.45) is 0. The molecule has 0 radical (unpaired) electrons. The molecule has 2 aromatic heterocycles. The number of carbonyl (C=O) groups excluding carboxylic acids is 1. The van der Waals surface area contributed by atoms with Crippen molar-refractivity contribution in [3.63, 3.8) is 0 Å². The molecule has 142 valence electrons. The molecule has 0 atom stereocenters. The summed E-state index contributed by atoms with van der Waals surface area (Å²) < 4.78 is 0. The molecule has 0 saturated carbocycles. The second kappa shape index (κ2) is 8.86. The molecule has 2 aromatic carbocycles. The van der Waals surface area contributed by atoms with Gasteiger partial charge < -0.3 is 0 Å². The summed E-state index contributed by atoms with van der Waals surface area (Å²) in [4.78, 5) is 24.7. The minimum Gasteiger partial charge on any atom is -0.298 e. The van der Waals surface area contributed by atoms with Crippen LogP contribution in [-0.2, 0) is 4.79 Å². The molecule has 7 heteroatoms. The molecular weight excluding hydrogens is 400 g/mol. The van der Waals surface area contributed by atoms with Crippen molar-refractivity contribution in [2.24, 2.45) is 0 Å². The molecule has 0 N–H and O–H groups in total. The predicted molar refractivity (Wildman–Crippen MR) is 118 cm³/mol. The number of thiophene rings is 1. The molecule has 1 amide bonds. The third-order valence-electron chi connectivity index (χ3n) is 4.24. The van der Waals surface area contributed by atoms with Crippen molar-refractivity contribution in [2.75, 3.05) is 17.2 Å². The molecule has 0 aliphatic heterocycles. The van der Waals surface area contributed by atoms with Crippen LogP contribution in [0.5, 0.6) is 0 Å². The van der Waals surface area contributed by atoms with Crippen LogP contribution in [0.25, 0.3) is 21.6 Å². The van der Waals surface area contributed by atoms with Gasteiger partial charge in [-0.15, -0.1) is 11.3 Å². The van der Waals surface area contributed by atoms with E-state index in [2.05, 4.69) is 11.1 Å². The molecule has 5 nitrogen and oxygen atoms in total. The lowest BCUT2D eigenvalue weighted by Crippen LogP contribution is -2.32. The first kappa shape index (κ1) is 19.1. The van der Waals surface area contributed by atoms with Crippen LogP contribution in [0.2, 0.25) is 0 Å². The van der Waals surface area contributed by atoms with Gasteiger partial charge in [0.15, 0.2) is 5.82 Å². The Labute approximate surface area is 176 Å². The minimum absolute atomic E-state index is 0.00831. The van der Waals surface area contributed by atoms with E-state index in [1.54, 1.807) is 11.3 Å². The van der Waals surface area contributed by atoms with Crippen LogP contribution in [-0.4, -0.2) is 28.2 Å². The summed E-state index contributed by atoms with van der Waals surface area (Å²) in [7, 11) is 0. The first-order chi connectivity index (χ1) is 14.3. The Balaban J connectivity index is 1.62. The lowest BCUT2D eigenvalue weighted by molar-refractivity contribution is -0.116. The fourth-order valence-corrected chi connectivity index (χ4v) is 4.44. The lowest BCUT2D eigenvalue weighted by Gasteiger charge is -2.19. The second-order valence-corrected chi connectivity index (χ2v) is 8.02. The van der Waals surface area contributed by atoms with Crippen LogP contribution in [0.15, 0.2) is 77.1 Å². The van der Waals surface area contributed by atoms with Gasteiger partial charge in [0.1, 0.15) is 11.6 Å². The van der Waals surface area contributed by atoms with Gasteiger partial charge in [0.25, 0.3) is 0 Å². The van der Waals surface area contributed by atoms with Crippen LogP contribution in [0.4, 0.5) is 5.69 Å². The van der Waals surface area contributed by atoms with Gasteiger partial charge in [-0.25, -0.2) is 9.97 Å². The Morgan fingerprint density at radius 1 is 1.03 bits per heavy atom. The van der Waals surface area contributed by atoms with Crippen molar-refractivity contribution in [2.45, 2.75) is 5.03 Å². The van der Waals surface area contributed by atoms with Crippen molar-refractivity contribution in [3.05, 3.63) is 72.1 Å². The number of carbonyl (C=O) groups is 1. The number of nitriles is 1. The molecule has 0 aliphatic rings. The number of nitrogens with zero attached hydrogens (tertiary/aromatic N) is 4. The van der Waals surface area contributed by atoms with Crippen LogP contribution < -0.4 is 4.90 Å². The summed E-state index contributed by atoms with van der Waals surface area (Å²) in [5, 5.41) is 12.8. The number of aromatic nitrogens is 2. The number of fused-ring (bicyclic) bond motifs is 1. The molecule has 0 unspecified atom stereocenters. The van der Waals surface area contributed by atoms with Gasteiger partial charge in [-0.3, -0.25) is 9.69 Å². The van der Waals surface area contributed by atoms with E-state index in [0.717, 1.165) is 20.8 Å². The van der Waals surface area contributed by atoms with E-state index in [9.17, 15) is 4.79 Å². The SMILES string of the molecule is N#CCN(C(=O)CSc1nc(-c2cccs2)nc2ccccc12)c1ccccc1. The number of anilines is 1. The predicted octanol–water partition coefficient (Wildman–Crippen LogP) is 5.01. The van der Waals surface area contributed by atoms with Crippen molar-refractivity contribution in [1.82, 2.24) is 9.97 Å². The molecule has 0 bridgehead atoms. The average molecular weight is 417 g/mol. The highest BCUT2D eigenvalue weighted by Crippen LogP contribution is 2.30. The highest BCUT2D eigenvalue weighted by Gasteiger charge is 2.17. The summed E-state index contributed by atoms with van der Waals surface area (Å²) in [5.41, 5.74) is 1.56. The monoisotopic (exact) mass is 416 g/mol. The third-order valence-corrected chi connectivity index (χ3v) is 6.08. The fourth-order valence-electron chi connectivity index (χ4n) is 2.88. The number of amides is 1. The van der Waals surface area contributed by atoms with Crippen molar-refractivity contribution in [3.8, 4) is 16.8 Å². The van der Waals surface area contributed by atoms with Crippen LogP contribution >= 0.6 is 23.1 Å². The molecule has 0 aliphatic carbocycles. The number of para-hydroxylation sites is 2.